The Morgan fingerprint density at radius 1 is 1.29 bits per heavy atom. The number of hydroxylamine groups is 1. The van der Waals surface area contributed by atoms with Crippen molar-refractivity contribution in [2.75, 3.05) is 0 Å². The molecule has 1 N–H and O–H groups in total. The van der Waals surface area contributed by atoms with Gasteiger partial charge < -0.3 is 9.82 Å². The predicted molar refractivity (Wildman–Crippen MR) is 85.2 cm³/mol. The lowest BCUT2D eigenvalue weighted by molar-refractivity contribution is -0.0765. The first-order chi connectivity index (χ1) is 9.78. The molecule has 0 fully saturated rings. The summed E-state index contributed by atoms with van der Waals surface area (Å²) in [5, 5.41) is 7.76. The van der Waals surface area contributed by atoms with Gasteiger partial charge in [0.2, 0.25) is 0 Å². The zero-order chi connectivity index (χ0) is 13.9. The van der Waals surface area contributed by atoms with Gasteiger partial charge in [-0.2, -0.15) is 0 Å². The maximum Gasteiger partial charge on any atom is 0.164 e. The summed E-state index contributed by atoms with van der Waals surface area (Å²) in [6.07, 6.45) is 5.73. The molecule has 1 aromatic carbocycles. The Morgan fingerprint density at radius 3 is 2.76 bits per heavy atom. The van der Waals surface area contributed by atoms with E-state index in [1.165, 1.54) is 0 Å². The summed E-state index contributed by atoms with van der Waals surface area (Å²) >= 11 is 6.02. The lowest BCUT2D eigenvalue weighted by atomic mass is 10.0. The van der Waals surface area contributed by atoms with E-state index in [0.29, 0.717) is 5.02 Å². The van der Waals surface area contributed by atoms with E-state index in [0.717, 1.165) is 29.5 Å². The van der Waals surface area contributed by atoms with Crippen LogP contribution in [0, 0.1) is 0 Å². The number of hydrogen-bond donors (Lipinski definition) is 1. The van der Waals surface area contributed by atoms with Gasteiger partial charge in [-0.15, -0.1) is 22.7 Å². The quantitative estimate of drug-likeness (QED) is 0.924. The lowest BCUT2D eigenvalue weighted by Gasteiger charge is -2.18. The number of rotatable bonds is 3. The minimum absolute atomic E-state index is 0. The molecule has 2 aromatic rings. The maximum atomic E-state index is 6.02. The number of fused-ring (bicyclic) bond motifs is 1. The van der Waals surface area contributed by atoms with Crippen molar-refractivity contribution in [1.82, 2.24) is 10.2 Å². The molecule has 0 aliphatic carbocycles. The van der Waals surface area contributed by atoms with Crippen LogP contribution in [-0.4, -0.2) is 10.2 Å². The number of aromatic nitrogens is 1. The van der Waals surface area contributed by atoms with Gasteiger partial charge in [-0.05, 0) is 24.6 Å². The van der Waals surface area contributed by atoms with Gasteiger partial charge in [0.05, 0.1) is 5.36 Å². The molecule has 2 heterocycles. The van der Waals surface area contributed by atoms with E-state index in [1.54, 1.807) is 5.17 Å². The molecule has 0 bridgehead atoms. The van der Waals surface area contributed by atoms with E-state index in [4.69, 9.17) is 16.4 Å². The Morgan fingerprint density at radius 2 is 2.05 bits per heavy atom. The molecule has 0 saturated heterocycles. The van der Waals surface area contributed by atoms with Crippen LogP contribution in [0.2, 0.25) is 5.02 Å². The lowest BCUT2D eigenvalue weighted by Crippen LogP contribution is -2.23. The van der Waals surface area contributed by atoms with Crippen molar-refractivity contribution >= 4 is 24.0 Å². The third-order valence-electron chi connectivity index (χ3n) is 3.27. The van der Waals surface area contributed by atoms with E-state index in [9.17, 15) is 0 Å². The Labute approximate surface area is 134 Å². The number of pyridine rings is 1. The second-order valence-corrected chi connectivity index (χ2v) is 5.18. The summed E-state index contributed by atoms with van der Waals surface area (Å²) < 4.78 is 0. The molecule has 1 aliphatic rings. The number of H-pyrrole nitrogens is 1. The highest BCUT2D eigenvalue weighted by Crippen LogP contribution is 2.41. The molecule has 0 radical (unpaired) electrons. The van der Waals surface area contributed by atoms with Crippen molar-refractivity contribution in [2.24, 2.45) is 5.10 Å². The van der Waals surface area contributed by atoms with Crippen LogP contribution in [0.4, 0.5) is 0 Å². The second kappa shape index (κ2) is 6.87. The van der Waals surface area contributed by atoms with Gasteiger partial charge in [-0.3, -0.25) is 0 Å². The van der Waals surface area contributed by atoms with Gasteiger partial charge >= 0.3 is 0 Å². The number of halogens is 2. The monoisotopic (exact) mass is 325 g/mol. The molecular formula is C15H17Cl2N3O. The minimum atomic E-state index is 0. The van der Waals surface area contributed by atoms with Crippen molar-refractivity contribution in [1.29, 1.82) is 0 Å². The normalized spacial score (nSPS) is 15.9. The Kier molecular flexibility index (Phi) is 5.15. The minimum Gasteiger partial charge on any atom is -0.367 e. The Bertz CT molecular complexity index is 654. The van der Waals surface area contributed by atoms with Gasteiger partial charge in [0.25, 0.3) is 0 Å². The van der Waals surface area contributed by atoms with Crippen LogP contribution in [-0.2, 0) is 0 Å². The van der Waals surface area contributed by atoms with Crippen molar-refractivity contribution in [3.63, 3.8) is 0 Å². The number of aromatic amines is 1. The summed E-state index contributed by atoms with van der Waals surface area (Å²) in [6, 6.07) is 9.70. The zero-order valence-corrected chi connectivity index (χ0v) is 13.2. The largest absolute Gasteiger partial charge is 0.367 e. The van der Waals surface area contributed by atoms with Gasteiger partial charge in [0.15, 0.2) is 5.75 Å². The molecule has 6 heteroatoms. The van der Waals surface area contributed by atoms with Crippen molar-refractivity contribution in [3.05, 3.63) is 58.7 Å². The second-order valence-electron chi connectivity index (χ2n) is 4.74. The smallest absolute Gasteiger partial charge is 0.164 e. The van der Waals surface area contributed by atoms with Crippen molar-refractivity contribution < 1.29 is 4.84 Å². The fraction of sp³-hybridized carbons (Fsp3) is 0.267. The van der Waals surface area contributed by atoms with E-state index < -0.39 is 0 Å². The van der Waals surface area contributed by atoms with Gasteiger partial charge in [-0.25, -0.2) is 0 Å². The highest BCUT2D eigenvalue weighted by molar-refractivity contribution is 6.30. The summed E-state index contributed by atoms with van der Waals surface area (Å²) in [7, 11) is 0. The van der Waals surface area contributed by atoms with Gasteiger partial charge in [0.1, 0.15) is 6.04 Å². The van der Waals surface area contributed by atoms with Crippen LogP contribution >= 0.6 is 24.0 Å². The topological polar surface area (TPSA) is 40.6 Å². The highest BCUT2D eigenvalue weighted by atomic mass is 35.5. The molecule has 112 valence electrons. The van der Waals surface area contributed by atoms with Crippen LogP contribution in [0.5, 0.6) is 5.75 Å². The molecule has 0 spiro atoms. The zero-order valence-electron chi connectivity index (χ0n) is 11.6. The van der Waals surface area contributed by atoms with Crippen molar-refractivity contribution in [2.45, 2.75) is 25.8 Å². The van der Waals surface area contributed by atoms with Gasteiger partial charge in [0, 0.05) is 29.0 Å². The average molecular weight is 326 g/mol. The van der Waals surface area contributed by atoms with E-state index >= 15 is 0 Å². The number of nitrogens with zero attached hydrogens (tertiary/aromatic N) is 2. The van der Waals surface area contributed by atoms with E-state index in [-0.39, 0.29) is 18.4 Å². The van der Waals surface area contributed by atoms with E-state index in [2.05, 4.69) is 17.0 Å². The fourth-order valence-corrected chi connectivity index (χ4v) is 2.50. The van der Waals surface area contributed by atoms with Crippen LogP contribution in [0.1, 0.15) is 31.4 Å². The maximum absolute atomic E-state index is 6.02. The summed E-state index contributed by atoms with van der Waals surface area (Å²) in [4.78, 5) is 8.81. The number of nitrogens with one attached hydrogen (secondary N) is 1. The third-order valence-corrected chi connectivity index (χ3v) is 3.50. The van der Waals surface area contributed by atoms with Crippen LogP contribution < -0.4 is 10.2 Å². The molecule has 1 atom stereocenters. The SMILES string of the molecule is CCCC1c2ccc(Cl)cc2ON1N=c1cc[nH]cc1.Cl. The average Bonchev–Trinajstić information content (AvgIpc) is 2.77. The standard InChI is InChI=1S/C15H16ClN3O.ClH/c1-2-3-14-13-5-4-11(16)10-15(13)20-19(14)18-12-6-8-17-9-7-12;/h4-10,14H,2-3H2,1H3,(H,17,18);1H. The first-order valence-electron chi connectivity index (χ1n) is 6.72. The molecule has 0 saturated carbocycles. The summed E-state index contributed by atoms with van der Waals surface area (Å²) in [5.74, 6) is 0.794. The predicted octanol–water partition coefficient (Wildman–Crippen LogP) is 4.06. The highest BCUT2D eigenvalue weighted by Gasteiger charge is 2.31. The van der Waals surface area contributed by atoms with Gasteiger partial charge in [-0.1, -0.05) is 31.0 Å². The molecule has 21 heavy (non-hydrogen) atoms. The van der Waals surface area contributed by atoms with Crippen LogP contribution in [0.3, 0.4) is 0 Å². The molecular weight excluding hydrogens is 309 g/mol. The number of benzene rings is 1. The molecule has 1 unspecified atom stereocenters. The van der Waals surface area contributed by atoms with E-state index in [1.807, 2.05) is 42.7 Å². The molecule has 1 aromatic heterocycles. The molecule has 4 nitrogen and oxygen atoms in total. The Hall–Kier alpha value is -1.65. The molecule has 1 aliphatic heterocycles. The molecule has 0 amide bonds. The third kappa shape index (κ3) is 3.34. The van der Waals surface area contributed by atoms with Crippen LogP contribution in [0.25, 0.3) is 0 Å². The first-order valence-corrected chi connectivity index (χ1v) is 7.10. The fourth-order valence-electron chi connectivity index (χ4n) is 2.33. The number of hydrogen-bond acceptors (Lipinski definition) is 3. The van der Waals surface area contributed by atoms with Crippen molar-refractivity contribution in [3.8, 4) is 5.75 Å². The first kappa shape index (κ1) is 15.7. The summed E-state index contributed by atoms with van der Waals surface area (Å²) in [5.41, 5.74) is 1.14. The molecule has 3 rings (SSSR count). The van der Waals surface area contributed by atoms with Crippen LogP contribution in [0.15, 0.2) is 47.8 Å². The Balaban J connectivity index is 0.00000161. The summed E-state index contributed by atoms with van der Waals surface area (Å²) in [6.45, 7) is 2.16.